The molecule has 0 fully saturated rings. The molecule has 0 saturated heterocycles. The fourth-order valence-electron chi connectivity index (χ4n) is 1.92. The number of aromatic amines is 1. The number of aromatic nitrogens is 1. The molecule has 2 N–H and O–H groups in total. The summed E-state index contributed by atoms with van der Waals surface area (Å²) in [4.78, 5) is 15.3. The molecule has 0 aliphatic rings. The average Bonchev–Trinajstić information content (AvgIpc) is 2.57. The van der Waals surface area contributed by atoms with Crippen molar-refractivity contribution >= 4 is 21.4 Å². The van der Waals surface area contributed by atoms with Crippen molar-refractivity contribution in [2.24, 2.45) is 5.92 Å². The van der Waals surface area contributed by atoms with Gasteiger partial charge in [-0.2, -0.15) is 0 Å². The van der Waals surface area contributed by atoms with E-state index < -0.39 is 10.0 Å². The summed E-state index contributed by atoms with van der Waals surface area (Å²) in [5, 5.41) is 0. The first-order valence-corrected chi connectivity index (χ1v) is 8.31. The predicted octanol–water partition coefficient (Wildman–Crippen LogP) is 0.609. The van der Waals surface area contributed by atoms with Gasteiger partial charge >= 0.3 is 4.87 Å². The van der Waals surface area contributed by atoms with Gasteiger partial charge in [0.1, 0.15) is 0 Å². The molecule has 1 heterocycles. The van der Waals surface area contributed by atoms with E-state index in [0.29, 0.717) is 29.5 Å². The minimum absolute atomic E-state index is 0.0683. The second-order valence-electron chi connectivity index (χ2n) is 5.05. The van der Waals surface area contributed by atoms with Crippen molar-refractivity contribution in [1.29, 1.82) is 0 Å². The van der Waals surface area contributed by atoms with Crippen molar-refractivity contribution in [3.63, 3.8) is 0 Å². The van der Waals surface area contributed by atoms with E-state index in [4.69, 9.17) is 0 Å². The van der Waals surface area contributed by atoms with Crippen LogP contribution in [-0.4, -0.2) is 45.0 Å². The van der Waals surface area contributed by atoms with E-state index in [2.05, 4.69) is 9.71 Å². The van der Waals surface area contributed by atoms with Gasteiger partial charge in [0.05, 0.1) is 0 Å². The minimum Gasteiger partial charge on any atom is -0.315 e. The number of thiazole rings is 1. The smallest absolute Gasteiger partial charge is 0.305 e. The van der Waals surface area contributed by atoms with E-state index >= 15 is 0 Å². The van der Waals surface area contributed by atoms with Crippen molar-refractivity contribution < 1.29 is 8.42 Å². The lowest BCUT2D eigenvalue weighted by atomic mass is 10.0. The molecule has 6 nitrogen and oxygen atoms in total. The van der Waals surface area contributed by atoms with Crippen molar-refractivity contribution in [3.05, 3.63) is 15.4 Å². The van der Waals surface area contributed by atoms with E-state index in [0.717, 1.165) is 0 Å². The molecule has 8 heteroatoms. The van der Waals surface area contributed by atoms with Crippen LogP contribution in [0.4, 0.5) is 0 Å². The lowest BCUT2D eigenvalue weighted by molar-refractivity contribution is 0.233. The number of hydrogen-bond donors (Lipinski definition) is 2. The van der Waals surface area contributed by atoms with Gasteiger partial charge in [-0.05, 0) is 26.9 Å². The van der Waals surface area contributed by atoms with E-state index in [9.17, 15) is 13.2 Å². The molecular weight excluding hydrogens is 286 g/mol. The summed E-state index contributed by atoms with van der Waals surface area (Å²) in [7, 11) is 0.209. The molecule has 1 rings (SSSR count). The molecule has 0 spiro atoms. The maximum Gasteiger partial charge on any atom is 0.305 e. The molecule has 0 bridgehead atoms. The summed E-state index contributed by atoms with van der Waals surface area (Å²) >= 11 is 0.715. The first-order chi connectivity index (χ1) is 8.65. The fraction of sp³-hybridized carbons (Fsp3) is 0.727. The Hall–Kier alpha value is -0.700. The summed E-state index contributed by atoms with van der Waals surface area (Å²) in [5.74, 6) is 0.323. The zero-order chi connectivity index (χ0) is 14.8. The Bertz CT molecular complexity index is 564. The molecule has 1 unspecified atom stereocenters. The zero-order valence-corrected chi connectivity index (χ0v) is 13.5. The van der Waals surface area contributed by atoms with Gasteiger partial charge in [0, 0.05) is 18.3 Å². The molecular formula is C11H21N3O3S2. The first-order valence-electron chi connectivity index (χ1n) is 6.01. The SMILES string of the molecule is Cc1[nH]c(=O)sc1S(=O)(=O)NCC(C(C)C)N(C)C. The van der Waals surface area contributed by atoms with Crippen LogP contribution in [0.2, 0.25) is 0 Å². The third-order valence-corrected chi connectivity index (χ3v) is 5.97. The lowest BCUT2D eigenvalue weighted by Crippen LogP contribution is -2.43. The monoisotopic (exact) mass is 307 g/mol. The number of sulfonamides is 1. The van der Waals surface area contributed by atoms with Gasteiger partial charge in [-0.3, -0.25) is 4.79 Å². The number of rotatable bonds is 6. The fourth-order valence-corrected chi connectivity index (χ4v) is 4.32. The highest BCUT2D eigenvalue weighted by molar-refractivity contribution is 7.91. The van der Waals surface area contributed by atoms with Crippen molar-refractivity contribution in [3.8, 4) is 0 Å². The maximum atomic E-state index is 12.1. The Labute approximate surface area is 117 Å². The Balaban J connectivity index is 2.87. The Morgan fingerprint density at radius 3 is 2.32 bits per heavy atom. The minimum atomic E-state index is -3.62. The third kappa shape index (κ3) is 4.13. The number of H-pyrrole nitrogens is 1. The normalized spacial score (nSPS) is 14.3. The highest BCUT2D eigenvalue weighted by Crippen LogP contribution is 2.16. The topological polar surface area (TPSA) is 82.3 Å². The molecule has 1 atom stereocenters. The molecule has 19 heavy (non-hydrogen) atoms. The van der Waals surface area contributed by atoms with Crippen LogP contribution in [0.15, 0.2) is 9.00 Å². The molecule has 0 aliphatic heterocycles. The van der Waals surface area contributed by atoms with Gasteiger partial charge < -0.3 is 9.88 Å². The van der Waals surface area contributed by atoms with Crippen LogP contribution >= 0.6 is 11.3 Å². The van der Waals surface area contributed by atoms with Gasteiger partial charge in [-0.15, -0.1) is 0 Å². The molecule has 0 amide bonds. The van der Waals surface area contributed by atoms with Crippen LogP contribution in [0, 0.1) is 12.8 Å². The van der Waals surface area contributed by atoms with Crippen molar-refractivity contribution in [1.82, 2.24) is 14.6 Å². The summed E-state index contributed by atoms with van der Waals surface area (Å²) in [6, 6.07) is 0.103. The number of likely N-dealkylation sites (N-methyl/N-ethyl adjacent to an activating group) is 1. The highest BCUT2D eigenvalue weighted by Gasteiger charge is 2.23. The Morgan fingerprint density at radius 2 is 1.95 bits per heavy atom. The third-order valence-electron chi connectivity index (χ3n) is 2.94. The van der Waals surface area contributed by atoms with Crippen LogP contribution in [0.1, 0.15) is 19.5 Å². The van der Waals surface area contributed by atoms with Gasteiger partial charge in [0.25, 0.3) is 10.0 Å². The summed E-state index contributed by atoms with van der Waals surface area (Å²) in [5.41, 5.74) is 0.383. The quantitative estimate of drug-likeness (QED) is 0.807. The van der Waals surface area contributed by atoms with Gasteiger partial charge in [0.2, 0.25) is 0 Å². The highest BCUT2D eigenvalue weighted by atomic mass is 32.2. The van der Waals surface area contributed by atoms with E-state index in [1.165, 1.54) is 0 Å². The molecule has 0 radical (unpaired) electrons. The van der Waals surface area contributed by atoms with E-state index in [1.54, 1.807) is 6.92 Å². The van der Waals surface area contributed by atoms with Crippen LogP contribution in [0.3, 0.4) is 0 Å². The maximum absolute atomic E-state index is 12.1. The second kappa shape index (κ2) is 6.17. The van der Waals surface area contributed by atoms with Crippen LogP contribution in [0.25, 0.3) is 0 Å². The van der Waals surface area contributed by atoms with Crippen LogP contribution < -0.4 is 9.60 Å². The molecule has 0 saturated carbocycles. The number of aryl methyl sites for hydroxylation is 1. The van der Waals surface area contributed by atoms with Crippen LogP contribution in [-0.2, 0) is 10.0 Å². The summed E-state index contributed by atoms with van der Waals surface area (Å²) in [6.45, 7) is 5.98. The molecule has 1 aromatic rings. The van der Waals surface area contributed by atoms with E-state index in [-0.39, 0.29) is 15.1 Å². The number of nitrogens with zero attached hydrogens (tertiary/aromatic N) is 1. The van der Waals surface area contributed by atoms with E-state index in [1.807, 2.05) is 32.8 Å². The summed E-state index contributed by atoms with van der Waals surface area (Å²) < 4.78 is 26.9. The molecule has 0 aromatic carbocycles. The van der Waals surface area contributed by atoms with Gasteiger partial charge in [0.15, 0.2) is 4.21 Å². The Kier molecular flexibility index (Phi) is 5.31. The molecule has 0 aliphatic carbocycles. The summed E-state index contributed by atoms with van der Waals surface area (Å²) in [6.07, 6.45) is 0. The van der Waals surface area contributed by atoms with Crippen molar-refractivity contribution in [2.45, 2.75) is 31.0 Å². The predicted molar refractivity (Wildman–Crippen MR) is 77.2 cm³/mol. The van der Waals surface area contributed by atoms with Crippen molar-refractivity contribution in [2.75, 3.05) is 20.6 Å². The standard InChI is InChI=1S/C11H21N3O3S2/c1-7(2)9(14(4)5)6-12-19(16,17)10-8(3)13-11(15)18-10/h7,9,12H,6H2,1-5H3,(H,13,15). The first kappa shape index (κ1) is 16.4. The Morgan fingerprint density at radius 1 is 1.37 bits per heavy atom. The number of nitrogens with one attached hydrogen (secondary N) is 2. The second-order valence-corrected chi connectivity index (χ2v) is 8.00. The van der Waals surface area contributed by atoms with Crippen LogP contribution in [0.5, 0.6) is 0 Å². The molecule has 1 aromatic heterocycles. The van der Waals surface area contributed by atoms with Gasteiger partial charge in [-0.1, -0.05) is 25.2 Å². The van der Waals surface area contributed by atoms with Gasteiger partial charge in [-0.25, -0.2) is 13.1 Å². The zero-order valence-electron chi connectivity index (χ0n) is 11.9. The molecule has 110 valence electrons. The lowest BCUT2D eigenvalue weighted by Gasteiger charge is -2.27. The average molecular weight is 307 g/mol. The largest absolute Gasteiger partial charge is 0.315 e. The number of hydrogen-bond acceptors (Lipinski definition) is 5.